The first-order valence-electron chi connectivity index (χ1n) is 8.22. The molecule has 2 aromatic heterocycles. The van der Waals surface area contributed by atoms with Gasteiger partial charge >= 0.3 is 0 Å². The van der Waals surface area contributed by atoms with Crippen LogP contribution in [0.5, 0.6) is 0 Å². The molecule has 2 N–H and O–H groups in total. The summed E-state index contributed by atoms with van der Waals surface area (Å²) in [7, 11) is 0. The van der Waals surface area contributed by atoms with E-state index >= 15 is 0 Å². The van der Waals surface area contributed by atoms with Crippen molar-refractivity contribution in [3.63, 3.8) is 0 Å². The molecule has 8 nitrogen and oxygen atoms in total. The molecule has 0 saturated carbocycles. The molecule has 1 atom stereocenters. The molecule has 0 unspecified atom stereocenters. The Bertz CT molecular complexity index is 739. The van der Waals surface area contributed by atoms with Gasteiger partial charge in [-0.25, -0.2) is 9.97 Å². The van der Waals surface area contributed by atoms with E-state index in [1.54, 1.807) is 11.0 Å². The van der Waals surface area contributed by atoms with Crippen LogP contribution in [0.15, 0.2) is 29.1 Å². The number of aromatic nitrogens is 2. The van der Waals surface area contributed by atoms with Crippen LogP contribution < -0.4 is 10.9 Å². The SMILES string of the molecule is Cc1cc(C)nc(NNC(=O)[C@H]2CCCN(C(=O)c3ccoc3)C2)n1. The molecule has 0 aliphatic carbocycles. The molecule has 0 aromatic carbocycles. The minimum Gasteiger partial charge on any atom is -0.472 e. The summed E-state index contributed by atoms with van der Waals surface area (Å²) in [6.07, 6.45) is 4.40. The van der Waals surface area contributed by atoms with Crippen LogP contribution in [-0.2, 0) is 4.79 Å². The lowest BCUT2D eigenvalue weighted by molar-refractivity contribution is -0.125. The fraction of sp³-hybridized carbons (Fsp3) is 0.412. The first-order chi connectivity index (χ1) is 12.0. The van der Waals surface area contributed by atoms with Gasteiger partial charge in [-0.2, -0.15) is 0 Å². The molecule has 8 heteroatoms. The lowest BCUT2D eigenvalue weighted by atomic mass is 9.97. The number of hydrazine groups is 1. The number of rotatable bonds is 4. The van der Waals surface area contributed by atoms with E-state index < -0.39 is 0 Å². The van der Waals surface area contributed by atoms with Crippen molar-refractivity contribution in [3.05, 3.63) is 41.6 Å². The number of amides is 2. The number of anilines is 1. The topological polar surface area (TPSA) is 100 Å². The average Bonchev–Trinajstić information content (AvgIpc) is 3.13. The molecule has 0 radical (unpaired) electrons. The second-order valence-corrected chi connectivity index (χ2v) is 6.19. The highest BCUT2D eigenvalue weighted by atomic mass is 16.3. The number of aryl methyl sites for hydroxylation is 2. The van der Waals surface area contributed by atoms with E-state index in [0.29, 0.717) is 24.6 Å². The number of piperidine rings is 1. The van der Waals surface area contributed by atoms with Crippen molar-refractivity contribution in [2.75, 3.05) is 18.5 Å². The Balaban J connectivity index is 1.57. The van der Waals surface area contributed by atoms with Crippen molar-refractivity contribution in [1.29, 1.82) is 0 Å². The van der Waals surface area contributed by atoms with Crippen LogP contribution in [0, 0.1) is 19.8 Å². The Morgan fingerprint density at radius 2 is 2.04 bits per heavy atom. The lowest BCUT2D eigenvalue weighted by Crippen LogP contribution is -2.46. The lowest BCUT2D eigenvalue weighted by Gasteiger charge is -2.31. The van der Waals surface area contributed by atoms with Gasteiger partial charge in [0.25, 0.3) is 5.91 Å². The standard InChI is InChI=1S/C17H21N5O3/c1-11-8-12(2)19-17(18-11)21-20-15(23)13-4-3-6-22(9-13)16(24)14-5-7-25-10-14/h5,7-8,10,13H,3-4,6,9H2,1-2H3,(H,20,23)(H,18,19,21)/t13-/m0/s1. The number of hydrogen-bond acceptors (Lipinski definition) is 6. The summed E-state index contributed by atoms with van der Waals surface area (Å²) in [6.45, 7) is 4.75. The average molecular weight is 343 g/mol. The largest absolute Gasteiger partial charge is 0.472 e. The quantitative estimate of drug-likeness (QED) is 0.819. The fourth-order valence-corrected chi connectivity index (χ4v) is 2.95. The van der Waals surface area contributed by atoms with Crippen LogP contribution >= 0.6 is 0 Å². The van der Waals surface area contributed by atoms with Gasteiger partial charge < -0.3 is 9.32 Å². The molecule has 0 spiro atoms. The van der Waals surface area contributed by atoms with Crippen LogP contribution in [0.2, 0.25) is 0 Å². The van der Waals surface area contributed by atoms with Gasteiger partial charge in [0.05, 0.1) is 17.7 Å². The van der Waals surface area contributed by atoms with Gasteiger partial charge in [0.15, 0.2) is 0 Å². The normalized spacial score (nSPS) is 17.2. The summed E-state index contributed by atoms with van der Waals surface area (Å²) in [6, 6.07) is 3.48. The Morgan fingerprint density at radius 3 is 2.72 bits per heavy atom. The van der Waals surface area contributed by atoms with Crippen molar-refractivity contribution in [1.82, 2.24) is 20.3 Å². The van der Waals surface area contributed by atoms with E-state index in [2.05, 4.69) is 20.8 Å². The van der Waals surface area contributed by atoms with Gasteiger partial charge in [-0.05, 0) is 38.8 Å². The van der Waals surface area contributed by atoms with Gasteiger partial charge in [-0.15, -0.1) is 0 Å². The van der Waals surface area contributed by atoms with Crippen molar-refractivity contribution >= 4 is 17.8 Å². The molecule has 1 aliphatic rings. The van der Waals surface area contributed by atoms with Crippen LogP contribution in [0.3, 0.4) is 0 Å². The second kappa shape index (κ2) is 7.33. The monoisotopic (exact) mass is 343 g/mol. The van der Waals surface area contributed by atoms with E-state index in [1.165, 1.54) is 12.5 Å². The molecule has 2 aromatic rings. The van der Waals surface area contributed by atoms with Crippen molar-refractivity contribution < 1.29 is 14.0 Å². The van der Waals surface area contributed by atoms with Crippen molar-refractivity contribution in [2.24, 2.45) is 5.92 Å². The molecule has 1 saturated heterocycles. The minimum absolute atomic E-state index is 0.114. The van der Waals surface area contributed by atoms with E-state index in [9.17, 15) is 9.59 Å². The molecule has 1 aliphatic heterocycles. The van der Waals surface area contributed by atoms with Gasteiger partial charge in [-0.1, -0.05) is 0 Å². The van der Waals surface area contributed by atoms with Gasteiger partial charge in [0.1, 0.15) is 6.26 Å². The van der Waals surface area contributed by atoms with Crippen LogP contribution in [0.25, 0.3) is 0 Å². The summed E-state index contributed by atoms with van der Waals surface area (Å²) in [4.78, 5) is 34.9. The highest BCUT2D eigenvalue weighted by molar-refractivity contribution is 5.94. The number of furan rings is 1. The van der Waals surface area contributed by atoms with Crippen LogP contribution in [0.4, 0.5) is 5.95 Å². The number of carbonyl (C=O) groups is 2. The third kappa shape index (κ3) is 4.14. The summed E-state index contributed by atoms with van der Waals surface area (Å²) in [5, 5.41) is 0. The molecule has 1 fully saturated rings. The molecule has 25 heavy (non-hydrogen) atoms. The molecule has 2 amide bonds. The summed E-state index contributed by atoms with van der Waals surface area (Å²) in [5.74, 6) is -0.208. The molecule has 132 valence electrons. The maximum Gasteiger partial charge on any atom is 0.257 e. The fourth-order valence-electron chi connectivity index (χ4n) is 2.95. The number of nitrogens with one attached hydrogen (secondary N) is 2. The number of nitrogens with zero attached hydrogens (tertiary/aromatic N) is 3. The summed E-state index contributed by atoms with van der Waals surface area (Å²) in [5.41, 5.74) is 7.54. The van der Waals surface area contributed by atoms with Crippen LogP contribution in [-0.4, -0.2) is 39.8 Å². The van der Waals surface area contributed by atoms with Crippen molar-refractivity contribution in [3.8, 4) is 0 Å². The zero-order chi connectivity index (χ0) is 17.8. The summed E-state index contributed by atoms with van der Waals surface area (Å²) < 4.78 is 4.96. The second-order valence-electron chi connectivity index (χ2n) is 6.19. The smallest absolute Gasteiger partial charge is 0.257 e. The predicted octanol–water partition coefficient (Wildman–Crippen LogP) is 1.68. The van der Waals surface area contributed by atoms with Gasteiger partial charge in [0, 0.05) is 24.5 Å². The molecule has 0 bridgehead atoms. The Kier molecular flexibility index (Phi) is 4.97. The summed E-state index contributed by atoms with van der Waals surface area (Å²) >= 11 is 0. The number of carbonyl (C=O) groups excluding carboxylic acids is 2. The Labute approximate surface area is 145 Å². The molecular formula is C17H21N5O3. The molecular weight excluding hydrogens is 322 g/mol. The van der Waals surface area contributed by atoms with Gasteiger partial charge in [0.2, 0.25) is 11.9 Å². The highest BCUT2D eigenvalue weighted by Crippen LogP contribution is 2.19. The third-order valence-electron chi connectivity index (χ3n) is 4.13. The zero-order valence-electron chi connectivity index (χ0n) is 14.3. The minimum atomic E-state index is -0.275. The molecule has 3 heterocycles. The Hall–Kier alpha value is -2.90. The third-order valence-corrected chi connectivity index (χ3v) is 4.13. The highest BCUT2D eigenvalue weighted by Gasteiger charge is 2.29. The van der Waals surface area contributed by atoms with Crippen LogP contribution in [0.1, 0.15) is 34.6 Å². The van der Waals surface area contributed by atoms with Gasteiger partial charge in [-0.3, -0.25) is 20.4 Å². The number of likely N-dealkylation sites (tertiary alicyclic amines) is 1. The van der Waals surface area contributed by atoms with E-state index in [-0.39, 0.29) is 17.7 Å². The predicted molar refractivity (Wildman–Crippen MR) is 90.6 cm³/mol. The maximum absolute atomic E-state index is 12.4. The van der Waals surface area contributed by atoms with E-state index in [0.717, 1.165) is 24.2 Å². The first-order valence-corrected chi connectivity index (χ1v) is 8.22. The maximum atomic E-state index is 12.4. The Morgan fingerprint density at radius 1 is 1.28 bits per heavy atom. The molecule has 3 rings (SSSR count). The zero-order valence-corrected chi connectivity index (χ0v) is 14.3. The van der Waals surface area contributed by atoms with E-state index in [4.69, 9.17) is 4.42 Å². The first kappa shape index (κ1) is 16.9. The number of hydrogen-bond donors (Lipinski definition) is 2. The van der Waals surface area contributed by atoms with E-state index in [1.807, 2.05) is 19.9 Å². The van der Waals surface area contributed by atoms with Crippen molar-refractivity contribution in [2.45, 2.75) is 26.7 Å².